The normalized spacial score (nSPS) is 11.8. The van der Waals surface area contributed by atoms with Crippen LogP contribution < -0.4 is 0 Å². The van der Waals surface area contributed by atoms with E-state index in [9.17, 15) is 25.9 Å². The first-order chi connectivity index (χ1) is 37.0. The molecule has 0 amide bonds. The summed E-state index contributed by atoms with van der Waals surface area (Å²) in [6.07, 6.45) is 53.2. The van der Waals surface area contributed by atoms with Gasteiger partial charge in [-0.1, -0.05) is 307 Å². The zero-order valence-corrected chi connectivity index (χ0v) is 53.7. The Morgan fingerprint density at radius 1 is 0.286 bits per heavy atom. The summed E-state index contributed by atoms with van der Waals surface area (Å²) >= 11 is 0. The molecule has 0 spiro atoms. The second kappa shape index (κ2) is 45.1. The Kier molecular flexibility index (Phi) is 41.9. The second-order valence-corrected chi connectivity index (χ2v) is 25.4. The minimum atomic E-state index is -4.51. The number of hydrogen-bond acceptors (Lipinski definition) is 6. The average molecular weight is 1130 g/mol. The number of fused-ring (bicyclic) bond motifs is 2. The third kappa shape index (κ3) is 30.9. The Bertz CT molecular complexity index is 2160. The van der Waals surface area contributed by atoms with Gasteiger partial charge in [-0.05, 0) is 107 Å². The van der Waals surface area contributed by atoms with Gasteiger partial charge in [-0.25, -0.2) is 16.8 Å². The summed E-state index contributed by atoms with van der Waals surface area (Å²) in [6, 6.07) is 19.6. The summed E-state index contributed by atoms with van der Waals surface area (Å²) in [5.41, 5.74) is 3.51. The molecule has 432 valence electrons. The molecule has 0 aliphatic rings. The van der Waals surface area contributed by atoms with Crippen LogP contribution in [0, 0.1) is 0 Å². The Balaban J connectivity index is 0.000000520. The summed E-state index contributed by atoms with van der Waals surface area (Å²) in [4.78, 5) is 0.0448. The van der Waals surface area contributed by atoms with Gasteiger partial charge in [-0.3, -0.25) is 0 Å². The van der Waals surface area contributed by atoms with E-state index >= 15 is 0 Å². The van der Waals surface area contributed by atoms with Crippen LogP contribution in [-0.2, 0) is 45.9 Å². The fourth-order valence-electron chi connectivity index (χ4n) is 11.5. The summed E-state index contributed by atoms with van der Waals surface area (Å²) in [6.45, 7) is 9.01. The molecule has 0 aliphatic heterocycles. The Hall–Kier alpha value is -1.52. The zero-order valence-electron chi connectivity index (χ0n) is 49.9. The van der Waals surface area contributed by atoms with Gasteiger partial charge in [0.25, 0.3) is 0 Å². The molecule has 0 unspecified atom stereocenters. The van der Waals surface area contributed by atoms with E-state index in [2.05, 4.69) is 39.8 Å². The van der Waals surface area contributed by atoms with E-state index in [0.29, 0.717) is 12.8 Å². The molecule has 0 atom stereocenters. The minimum Gasteiger partial charge on any atom is -0.744 e. The topological polar surface area (TPSA) is 114 Å². The van der Waals surface area contributed by atoms with Crippen molar-refractivity contribution in [3.8, 4) is 0 Å². The monoisotopic (exact) mass is 1130 g/mol. The largest absolute Gasteiger partial charge is 2.00 e. The van der Waals surface area contributed by atoms with Crippen molar-refractivity contribution in [3.05, 3.63) is 82.9 Å². The molecule has 0 saturated carbocycles. The summed E-state index contributed by atoms with van der Waals surface area (Å²) in [5, 5.41) is 4.17. The predicted octanol–water partition coefficient (Wildman–Crippen LogP) is 21.0. The third-order valence-electron chi connectivity index (χ3n) is 16.1. The van der Waals surface area contributed by atoms with Crippen LogP contribution in [0.1, 0.15) is 307 Å². The second-order valence-electron chi connectivity index (χ2n) is 22.8. The molecule has 4 aromatic rings. The fourth-order valence-corrected chi connectivity index (χ4v) is 13.1. The maximum absolute atomic E-state index is 12.3. The molecule has 0 saturated heterocycles. The van der Waals surface area contributed by atoms with E-state index < -0.39 is 20.2 Å². The van der Waals surface area contributed by atoms with Gasteiger partial charge >= 0.3 is 37.7 Å². The van der Waals surface area contributed by atoms with Gasteiger partial charge in [0, 0.05) is 0 Å². The molecule has 0 fully saturated rings. The number of hydrogen-bond donors (Lipinski definition) is 0. The van der Waals surface area contributed by atoms with E-state index in [1.54, 1.807) is 12.1 Å². The van der Waals surface area contributed by atoms with Crippen LogP contribution in [0.2, 0.25) is 0 Å². The van der Waals surface area contributed by atoms with Crippen LogP contribution >= 0.6 is 0 Å². The van der Waals surface area contributed by atoms with E-state index in [0.717, 1.165) is 108 Å². The van der Waals surface area contributed by atoms with Crippen LogP contribution in [0.5, 0.6) is 0 Å². The first-order valence-electron chi connectivity index (χ1n) is 32.0. The first-order valence-corrected chi connectivity index (χ1v) is 34.8. The molecule has 0 bridgehead atoms. The van der Waals surface area contributed by atoms with E-state index in [-0.39, 0.29) is 47.5 Å². The summed E-state index contributed by atoms with van der Waals surface area (Å²) in [5.74, 6) is 0. The van der Waals surface area contributed by atoms with Crippen molar-refractivity contribution in [2.24, 2.45) is 0 Å². The van der Waals surface area contributed by atoms with Gasteiger partial charge in [-0.2, -0.15) is 0 Å². The van der Waals surface area contributed by atoms with E-state index in [4.69, 9.17) is 0 Å². The van der Waals surface area contributed by atoms with Crippen molar-refractivity contribution in [2.45, 2.75) is 320 Å². The minimum absolute atomic E-state index is 0. The smallest absolute Gasteiger partial charge is 0.744 e. The summed E-state index contributed by atoms with van der Waals surface area (Å²) in [7, 11) is -9.02. The number of aryl methyl sites for hydroxylation is 4. The van der Waals surface area contributed by atoms with Crippen molar-refractivity contribution < 1.29 is 25.9 Å². The van der Waals surface area contributed by atoms with Crippen LogP contribution in [0.25, 0.3) is 21.5 Å². The van der Waals surface area contributed by atoms with E-state index in [1.165, 1.54) is 205 Å². The van der Waals surface area contributed by atoms with Gasteiger partial charge in [0.2, 0.25) is 0 Å². The van der Waals surface area contributed by atoms with Crippen molar-refractivity contribution in [1.29, 1.82) is 0 Å². The van der Waals surface area contributed by atoms with Crippen LogP contribution in [0.15, 0.2) is 70.5 Å². The number of rotatable bonds is 46. The third-order valence-corrected chi connectivity index (χ3v) is 17.9. The van der Waals surface area contributed by atoms with Gasteiger partial charge < -0.3 is 9.11 Å². The number of benzene rings is 4. The molecule has 77 heavy (non-hydrogen) atoms. The van der Waals surface area contributed by atoms with Crippen LogP contribution in [-0.4, -0.2) is 63.7 Å². The Morgan fingerprint density at radius 2 is 0.481 bits per heavy atom. The SMILES string of the molecule is CCCCCCCCCCCCc1cc(S(=O)(=O)[O-])c(CCCCCCCCCCCC)c2ccccc12.CCCCCCCCCCCCc1cc(S(=O)(=O)[O-])c(CCCCCCCCCCCC)c2ccccc12.[Ca+2]. The van der Waals surface area contributed by atoms with E-state index in [1.807, 2.05) is 36.4 Å². The predicted molar refractivity (Wildman–Crippen MR) is 332 cm³/mol. The molecule has 9 heteroatoms. The molecule has 0 radical (unpaired) electrons. The molecular formula is C68H110CaO6S2. The quantitative estimate of drug-likeness (QED) is 0.0247. The molecule has 4 aromatic carbocycles. The molecular weight excluding hydrogens is 1020 g/mol. The average Bonchev–Trinajstić information content (AvgIpc) is 3.42. The fraction of sp³-hybridized carbons (Fsp3) is 0.706. The van der Waals surface area contributed by atoms with Crippen LogP contribution in [0.4, 0.5) is 0 Å². The van der Waals surface area contributed by atoms with Gasteiger partial charge in [-0.15, -0.1) is 0 Å². The molecule has 6 nitrogen and oxygen atoms in total. The van der Waals surface area contributed by atoms with Crippen molar-refractivity contribution in [1.82, 2.24) is 0 Å². The van der Waals surface area contributed by atoms with Gasteiger partial charge in [0.1, 0.15) is 20.2 Å². The standard InChI is InChI=1S/2C34H56O3S.Ca/c2*1-3-5-7-9-11-13-15-17-19-21-25-30-29-34(38(35,36)37)33(32-27-24-23-26-31(30)32)28-22-20-18-16-14-12-10-8-6-4-2;/h2*23-24,26-27,29H,3-22,25,28H2,1-2H3,(H,35,36,37);/q;;+2/p-2. The Labute approximate surface area is 504 Å². The van der Waals surface area contributed by atoms with Crippen molar-refractivity contribution >= 4 is 79.5 Å². The zero-order chi connectivity index (χ0) is 55.0. The maximum Gasteiger partial charge on any atom is 2.00 e. The molecule has 0 aliphatic carbocycles. The summed E-state index contributed by atoms with van der Waals surface area (Å²) < 4.78 is 73.9. The van der Waals surface area contributed by atoms with Crippen molar-refractivity contribution in [2.75, 3.05) is 0 Å². The molecule has 0 heterocycles. The van der Waals surface area contributed by atoms with Crippen LogP contribution in [0.3, 0.4) is 0 Å². The molecule has 4 rings (SSSR count). The van der Waals surface area contributed by atoms with Gasteiger partial charge in [0.15, 0.2) is 0 Å². The molecule has 0 aromatic heterocycles. The molecule has 0 N–H and O–H groups in total. The van der Waals surface area contributed by atoms with Gasteiger partial charge in [0.05, 0.1) is 9.79 Å². The first kappa shape index (κ1) is 71.6. The maximum atomic E-state index is 12.3. The number of unbranched alkanes of at least 4 members (excludes halogenated alkanes) is 36. The Morgan fingerprint density at radius 3 is 0.701 bits per heavy atom. The van der Waals surface area contributed by atoms with Crippen molar-refractivity contribution in [3.63, 3.8) is 0 Å².